The Morgan fingerprint density at radius 2 is 2.21 bits per heavy atom. The van der Waals surface area contributed by atoms with Crippen LogP contribution >= 0.6 is 0 Å². The van der Waals surface area contributed by atoms with Gasteiger partial charge in [-0.3, -0.25) is 4.90 Å². The molecule has 1 N–H and O–H groups in total. The zero-order valence-corrected chi connectivity index (χ0v) is 8.97. The van der Waals surface area contributed by atoms with Crippen LogP contribution in [0.15, 0.2) is 0 Å². The van der Waals surface area contributed by atoms with Gasteiger partial charge in [0.05, 0.1) is 6.54 Å². The van der Waals surface area contributed by atoms with Crippen LogP contribution < -0.4 is 5.32 Å². The van der Waals surface area contributed by atoms with Gasteiger partial charge in [-0.05, 0) is 25.9 Å². The zero-order chi connectivity index (χ0) is 10.6. The van der Waals surface area contributed by atoms with E-state index in [0.717, 1.165) is 25.9 Å². The lowest BCUT2D eigenvalue weighted by Crippen LogP contribution is -2.49. The molecule has 2 unspecified atom stereocenters. The summed E-state index contributed by atoms with van der Waals surface area (Å²) in [5.74, 6) is 0.521. The van der Waals surface area contributed by atoms with Crippen LogP contribution in [0.4, 0.5) is 8.78 Å². The molecule has 0 aromatic heterocycles. The first-order chi connectivity index (χ1) is 6.67. The molecule has 1 aliphatic heterocycles. The van der Waals surface area contributed by atoms with E-state index in [1.54, 1.807) is 0 Å². The molecule has 84 valence electrons. The summed E-state index contributed by atoms with van der Waals surface area (Å²) >= 11 is 0. The van der Waals surface area contributed by atoms with Crippen LogP contribution in [0.3, 0.4) is 0 Å². The van der Waals surface area contributed by atoms with Crippen LogP contribution in [0.25, 0.3) is 0 Å². The molecule has 0 amide bonds. The van der Waals surface area contributed by atoms with Crippen molar-refractivity contribution in [1.82, 2.24) is 10.2 Å². The summed E-state index contributed by atoms with van der Waals surface area (Å²) in [6.45, 7) is 3.67. The van der Waals surface area contributed by atoms with Gasteiger partial charge in [-0.1, -0.05) is 13.3 Å². The van der Waals surface area contributed by atoms with E-state index in [4.69, 9.17) is 0 Å². The predicted molar refractivity (Wildman–Crippen MR) is 53.7 cm³/mol. The van der Waals surface area contributed by atoms with Crippen molar-refractivity contribution >= 4 is 0 Å². The summed E-state index contributed by atoms with van der Waals surface area (Å²) in [6, 6.07) is 0.508. The van der Waals surface area contributed by atoms with Gasteiger partial charge in [0.25, 0.3) is 6.43 Å². The van der Waals surface area contributed by atoms with Crippen molar-refractivity contribution in [1.29, 1.82) is 0 Å². The monoisotopic (exact) mass is 206 g/mol. The minimum atomic E-state index is -2.20. The molecule has 0 aromatic rings. The normalized spacial score (nSPS) is 29.8. The zero-order valence-electron chi connectivity index (χ0n) is 8.97. The summed E-state index contributed by atoms with van der Waals surface area (Å²) in [5, 5.41) is 3.26. The van der Waals surface area contributed by atoms with Crippen molar-refractivity contribution in [3.8, 4) is 0 Å². The van der Waals surface area contributed by atoms with Gasteiger partial charge >= 0.3 is 0 Å². The van der Waals surface area contributed by atoms with E-state index in [1.807, 2.05) is 11.9 Å². The molecule has 1 heterocycles. The number of nitrogens with zero attached hydrogens (tertiary/aromatic N) is 1. The van der Waals surface area contributed by atoms with Crippen LogP contribution in [0.5, 0.6) is 0 Å². The topological polar surface area (TPSA) is 15.3 Å². The lowest BCUT2D eigenvalue weighted by atomic mass is 9.90. The van der Waals surface area contributed by atoms with Gasteiger partial charge < -0.3 is 5.32 Å². The molecule has 1 fully saturated rings. The third kappa shape index (κ3) is 3.17. The molecule has 0 radical (unpaired) electrons. The summed E-state index contributed by atoms with van der Waals surface area (Å²) in [4.78, 5) is 1.88. The van der Waals surface area contributed by atoms with Gasteiger partial charge in [0, 0.05) is 12.6 Å². The first-order valence-electron chi connectivity index (χ1n) is 5.35. The molecule has 14 heavy (non-hydrogen) atoms. The lowest BCUT2D eigenvalue weighted by Gasteiger charge is -2.38. The van der Waals surface area contributed by atoms with Crippen molar-refractivity contribution in [3.63, 3.8) is 0 Å². The van der Waals surface area contributed by atoms with Crippen LogP contribution in [-0.2, 0) is 0 Å². The highest BCUT2D eigenvalue weighted by Crippen LogP contribution is 2.20. The van der Waals surface area contributed by atoms with Gasteiger partial charge in [0.1, 0.15) is 0 Å². The van der Waals surface area contributed by atoms with E-state index in [0.29, 0.717) is 12.0 Å². The third-order valence-corrected chi connectivity index (χ3v) is 3.11. The summed E-state index contributed by atoms with van der Waals surface area (Å²) in [6.07, 6.45) is -0.147. The second-order valence-corrected chi connectivity index (χ2v) is 4.00. The van der Waals surface area contributed by atoms with Crippen LogP contribution in [0, 0.1) is 5.92 Å². The number of piperidine rings is 1. The quantitative estimate of drug-likeness (QED) is 0.751. The van der Waals surface area contributed by atoms with Crippen molar-refractivity contribution in [2.24, 2.45) is 5.92 Å². The van der Waals surface area contributed by atoms with E-state index < -0.39 is 6.43 Å². The lowest BCUT2D eigenvalue weighted by molar-refractivity contribution is 0.0546. The number of nitrogens with one attached hydrogen (secondary N) is 1. The maximum atomic E-state index is 12.2. The summed E-state index contributed by atoms with van der Waals surface area (Å²) in [7, 11) is 1.95. The Balaban J connectivity index is 2.40. The Hall–Kier alpha value is -0.220. The van der Waals surface area contributed by atoms with E-state index in [-0.39, 0.29) is 6.54 Å². The van der Waals surface area contributed by atoms with Crippen molar-refractivity contribution in [2.75, 3.05) is 26.7 Å². The first kappa shape index (κ1) is 11.9. The molecule has 1 rings (SSSR count). The molecule has 0 aromatic carbocycles. The fourth-order valence-corrected chi connectivity index (χ4v) is 2.26. The van der Waals surface area contributed by atoms with Crippen LogP contribution in [-0.4, -0.2) is 44.0 Å². The second kappa shape index (κ2) is 5.61. The van der Waals surface area contributed by atoms with Crippen molar-refractivity contribution in [2.45, 2.75) is 32.2 Å². The molecule has 2 atom stereocenters. The predicted octanol–water partition coefficient (Wildman–Crippen LogP) is 1.57. The number of likely N-dealkylation sites (tertiary alicyclic amines) is 1. The van der Waals surface area contributed by atoms with Gasteiger partial charge in [0.15, 0.2) is 0 Å². The summed E-state index contributed by atoms with van der Waals surface area (Å²) < 4.78 is 24.3. The second-order valence-electron chi connectivity index (χ2n) is 4.00. The van der Waals surface area contributed by atoms with Crippen LogP contribution in [0.1, 0.15) is 19.8 Å². The Labute approximate surface area is 84.7 Å². The minimum Gasteiger partial charge on any atom is -0.317 e. The van der Waals surface area contributed by atoms with Crippen molar-refractivity contribution < 1.29 is 8.78 Å². The van der Waals surface area contributed by atoms with E-state index in [9.17, 15) is 8.78 Å². The molecule has 4 heteroatoms. The average Bonchev–Trinajstić information content (AvgIpc) is 2.16. The maximum absolute atomic E-state index is 12.2. The number of rotatable bonds is 4. The highest BCUT2D eigenvalue weighted by molar-refractivity contribution is 4.83. The first-order valence-corrected chi connectivity index (χ1v) is 5.35. The average molecular weight is 206 g/mol. The van der Waals surface area contributed by atoms with Gasteiger partial charge in [0.2, 0.25) is 0 Å². The number of alkyl halides is 2. The smallest absolute Gasteiger partial charge is 0.251 e. The highest BCUT2D eigenvalue weighted by atomic mass is 19.3. The molecular weight excluding hydrogens is 186 g/mol. The maximum Gasteiger partial charge on any atom is 0.251 e. The Morgan fingerprint density at radius 1 is 1.50 bits per heavy atom. The molecule has 0 saturated carbocycles. The van der Waals surface area contributed by atoms with E-state index >= 15 is 0 Å². The molecular formula is C10H20F2N2. The van der Waals surface area contributed by atoms with Gasteiger partial charge in [-0.15, -0.1) is 0 Å². The Morgan fingerprint density at radius 3 is 2.71 bits per heavy atom. The fourth-order valence-electron chi connectivity index (χ4n) is 2.26. The number of hydrogen-bond donors (Lipinski definition) is 1. The Kier molecular flexibility index (Phi) is 4.75. The molecule has 1 aliphatic rings. The van der Waals surface area contributed by atoms with E-state index in [1.165, 1.54) is 0 Å². The third-order valence-electron chi connectivity index (χ3n) is 3.11. The SMILES string of the molecule is CCC1CN(CC(F)F)CCC1NC. The molecule has 0 spiro atoms. The van der Waals surface area contributed by atoms with Crippen molar-refractivity contribution in [3.05, 3.63) is 0 Å². The minimum absolute atomic E-state index is 0.0626. The highest BCUT2D eigenvalue weighted by Gasteiger charge is 2.27. The van der Waals surface area contributed by atoms with Gasteiger partial charge in [-0.2, -0.15) is 0 Å². The summed E-state index contributed by atoms with van der Waals surface area (Å²) in [5.41, 5.74) is 0. The van der Waals surface area contributed by atoms with Gasteiger partial charge in [-0.25, -0.2) is 8.78 Å². The molecule has 0 bridgehead atoms. The standard InChI is InChI=1S/C10H20F2N2/c1-3-8-6-14(7-10(11)12)5-4-9(8)13-2/h8-10,13H,3-7H2,1-2H3. The fraction of sp³-hybridized carbons (Fsp3) is 1.00. The molecule has 0 aliphatic carbocycles. The largest absolute Gasteiger partial charge is 0.317 e. The van der Waals surface area contributed by atoms with E-state index in [2.05, 4.69) is 12.2 Å². The number of halogens is 2. The number of hydrogen-bond acceptors (Lipinski definition) is 2. The van der Waals surface area contributed by atoms with Crippen LogP contribution in [0.2, 0.25) is 0 Å². The molecule has 1 saturated heterocycles. The molecule has 2 nitrogen and oxygen atoms in total. The Bertz CT molecular complexity index is 164.